The van der Waals surface area contributed by atoms with Gasteiger partial charge in [-0.2, -0.15) is 26.3 Å². The van der Waals surface area contributed by atoms with Gasteiger partial charge in [0.1, 0.15) is 0 Å². The maximum Gasteiger partial charge on any atom is 0.409 e. The van der Waals surface area contributed by atoms with E-state index in [9.17, 15) is 31.1 Å². The lowest BCUT2D eigenvalue weighted by Gasteiger charge is -2.23. The van der Waals surface area contributed by atoms with Crippen molar-refractivity contribution in [3.63, 3.8) is 0 Å². The van der Waals surface area contributed by atoms with Crippen LogP contribution in [0.15, 0.2) is 0 Å². The Hall–Kier alpha value is -0.660. The Balaban J connectivity index is 4.87. The number of carbonyl (C=O) groups excluding carboxylic acids is 1. The topological polar surface area (TPSA) is 29.1 Å². The first-order valence-electron chi connectivity index (χ1n) is 4.00. The standard InChI is InChI=1S/C7H8ClF6NO/c1-3(2-8)15-5(16)4(6(9,10)11)7(12,13)14/h3-4H,2H2,1H3,(H,15,16). The van der Waals surface area contributed by atoms with Crippen LogP contribution in [-0.2, 0) is 4.79 Å². The minimum Gasteiger partial charge on any atom is -0.352 e. The second-order valence-corrected chi connectivity index (χ2v) is 3.39. The van der Waals surface area contributed by atoms with Crippen LogP contribution in [0.5, 0.6) is 0 Å². The van der Waals surface area contributed by atoms with E-state index in [-0.39, 0.29) is 5.88 Å². The van der Waals surface area contributed by atoms with E-state index >= 15 is 0 Å². The Labute approximate surface area is 91.9 Å². The highest BCUT2D eigenvalue weighted by Crippen LogP contribution is 2.39. The SMILES string of the molecule is CC(CCl)NC(=O)C(C(F)(F)F)C(F)(F)F. The molecular formula is C7H8ClF6NO. The van der Waals surface area contributed by atoms with E-state index in [1.54, 1.807) is 0 Å². The zero-order chi connectivity index (χ0) is 13.1. The quantitative estimate of drug-likeness (QED) is 0.620. The molecule has 0 saturated carbocycles. The molecular weight excluding hydrogens is 264 g/mol. The summed E-state index contributed by atoms with van der Waals surface area (Å²) < 4.78 is 72.0. The van der Waals surface area contributed by atoms with Crippen molar-refractivity contribution in [3.8, 4) is 0 Å². The summed E-state index contributed by atoms with van der Waals surface area (Å²) in [5, 5.41) is 1.53. The van der Waals surface area contributed by atoms with Crippen LogP contribution in [0.2, 0.25) is 0 Å². The molecule has 0 aliphatic heterocycles. The fourth-order valence-corrected chi connectivity index (χ4v) is 0.925. The third-order valence-electron chi connectivity index (χ3n) is 1.54. The van der Waals surface area contributed by atoms with Gasteiger partial charge < -0.3 is 5.32 Å². The van der Waals surface area contributed by atoms with Crippen molar-refractivity contribution in [1.82, 2.24) is 5.32 Å². The third kappa shape index (κ3) is 4.46. The number of rotatable bonds is 3. The number of amides is 1. The van der Waals surface area contributed by atoms with Gasteiger partial charge in [-0.15, -0.1) is 11.6 Å². The van der Waals surface area contributed by atoms with Crippen molar-refractivity contribution in [1.29, 1.82) is 0 Å². The van der Waals surface area contributed by atoms with Crippen LogP contribution in [0, 0.1) is 5.92 Å². The second kappa shape index (κ2) is 5.11. The molecule has 0 fully saturated rings. The molecule has 0 aromatic carbocycles. The van der Waals surface area contributed by atoms with E-state index < -0.39 is 30.2 Å². The molecule has 0 heterocycles. The van der Waals surface area contributed by atoms with Crippen LogP contribution in [-0.4, -0.2) is 30.2 Å². The summed E-state index contributed by atoms with van der Waals surface area (Å²) in [4.78, 5) is 10.8. The van der Waals surface area contributed by atoms with Crippen LogP contribution >= 0.6 is 11.6 Å². The maximum absolute atomic E-state index is 12.0. The van der Waals surface area contributed by atoms with Crippen molar-refractivity contribution >= 4 is 17.5 Å². The zero-order valence-electron chi connectivity index (χ0n) is 7.92. The van der Waals surface area contributed by atoms with Crippen LogP contribution in [0.4, 0.5) is 26.3 Å². The van der Waals surface area contributed by atoms with Crippen LogP contribution in [0.3, 0.4) is 0 Å². The van der Waals surface area contributed by atoms with Gasteiger partial charge in [-0.1, -0.05) is 0 Å². The van der Waals surface area contributed by atoms with Gasteiger partial charge in [0, 0.05) is 11.9 Å². The predicted molar refractivity (Wildman–Crippen MR) is 43.9 cm³/mol. The summed E-state index contributed by atoms with van der Waals surface area (Å²) in [6, 6.07) is -0.971. The molecule has 1 amide bonds. The number of alkyl halides is 7. The molecule has 16 heavy (non-hydrogen) atoms. The van der Waals surface area contributed by atoms with Crippen molar-refractivity contribution in [2.75, 3.05) is 5.88 Å². The first kappa shape index (κ1) is 15.3. The fraction of sp³-hybridized carbons (Fsp3) is 0.857. The van der Waals surface area contributed by atoms with Gasteiger partial charge in [0.2, 0.25) is 11.8 Å². The largest absolute Gasteiger partial charge is 0.409 e. The molecule has 0 saturated heterocycles. The monoisotopic (exact) mass is 271 g/mol. The highest BCUT2D eigenvalue weighted by molar-refractivity contribution is 6.18. The minimum atomic E-state index is -5.67. The molecule has 0 aliphatic rings. The van der Waals surface area contributed by atoms with Gasteiger partial charge in [-0.3, -0.25) is 4.79 Å². The van der Waals surface area contributed by atoms with Gasteiger partial charge in [-0.25, -0.2) is 0 Å². The van der Waals surface area contributed by atoms with E-state index in [0.29, 0.717) is 0 Å². The summed E-state index contributed by atoms with van der Waals surface area (Å²) >= 11 is 5.15. The summed E-state index contributed by atoms with van der Waals surface area (Å²) in [7, 11) is 0. The predicted octanol–water partition coefficient (Wildman–Crippen LogP) is 2.47. The molecule has 0 aromatic heterocycles. The number of nitrogens with one attached hydrogen (secondary N) is 1. The zero-order valence-corrected chi connectivity index (χ0v) is 8.67. The van der Waals surface area contributed by atoms with Crippen molar-refractivity contribution in [2.45, 2.75) is 25.3 Å². The average Bonchev–Trinajstić information content (AvgIpc) is 1.97. The van der Waals surface area contributed by atoms with Crippen LogP contribution < -0.4 is 5.32 Å². The van der Waals surface area contributed by atoms with E-state index in [0.717, 1.165) is 0 Å². The Kier molecular flexibility index (Phi) is 4.90. The summed E-state index contributed by atoms with van der Waals surface area (Å²) in [5.41, 5.74) is 0. The molecule has 9 heteroatoms. The minimum absolute atomic E-state index is 0.284. The van der Waals surface area contributed by atoms with Crippen LogP contribution in [0.1, 0.15) is 6.92 Å². The number of carbonyl (C=O) groups is 1. The summed E-state index contributed by atoms with van der Waals surface area (Å²) in [6.45, 7) is 1.19. The van der Waals surface area contributed by atoms with E-state index in [2.05, 4.69) is 0 Å². The molecule has 0 rings (SSSR count). The highest BCUT2D eigenvalue weighted by Gasteiger charge is 2.61. The summed E-state index contributed by atoms with van der Waals surface area (Å²) in [5.74, 6) is -6.45. The number of hydrogen-bond donors (Lipinski definition) is 1. The molecule has 0 aliphatic carbocycles. The fourth-order valence-electron chi connectivity index (χ4n) is 0.848. The lowest BCUT2D eigenvalue weighted by atomic mass is 10.1. The lowest BCUT2D eigenvalue weighted by Crippen LogP contribution is -2.50. The first-order valence-corrected chi connectivity index (χ1v) is 4.53. The molecule has 1 unspecified atom stereocenters. The molecule has 96 valence electrons. The molecule has 0 spiro atoms. The highest BCUT2D eigenvalue weighted by atomic mass is 35.5. The Morgan fingerprint density at radius 3 is 1.81 bits per heavy atom. The second-order valence-electron chi connectivity index (χ2n) is 3.08. The van der Waals surface area contributed by atoms with E-state index in [1.165, 1.54) is 12.2 Å². The van der Waals surface area contributed by atoms with Gasteiger partial charge in [0.15, 0.2) is 0 Å². The molecule has 1 atom stereocenters. The first-order chi connectivity index (χ1) is 7.00. The molecule has 0 radical (unpaired) electrons. The molecule has 2 nitrogen and oxygen atoms in total. The molecule has 0 bridgehead atoms. The lowest BCUT2D eigenvalue weighted by molar-refractivity contribution is -0.274. The maximum atomic E-state index is 12.0. The normalized spacial score (nSPS) is 15.1. The molecule has 1 N–H and O–H groups in total. The Morgan fingerprint density at radius 1 is 1.19 bits per heavy atom. The molecule has 0 aromatic rings. The Bertz CT molecular complexity index is 236. The number of hydrogen-bond acceptors (Lipinski definition) is 1. The van der Waals surface area contributed by atoms with Crippen molar-refractivity contribution in [3.05, 3.63) is 0 Å². The average molecular weight is 272 g/mol. The van der Waals surface area contributed by atoms with Gasteiger partial charge >= 0.3 is 12.4 Å². The van der Waals surface area contributed by atoms with Gasteiger partial charge in [0.25, 0.3) is 0 Å². The smallest absolute Gasteiger partial charge is 0.352 e. The third-order valence-corrected chi connectivity index (χ3v) is 2.00. The van der Waals surface area contributed by atoms with E-state index in [4.69, 9.17) is 11.6 Å². The van der Waals surface area contributed by atoms with Gasteiger partial charge in [-0.05, 0) is 6.92 Å². The number of halogens is 7. The Morgan fingerprint density at radius 2 is 1.56 bits per heavy atom. The van der Waals surface area contributed by atoms with Gasteiger partial charge in [0.05, 0.1) is 0 Å². The van der Waals surface area contributed by atoms with Crippen molar-refractivity contribution in [2.24, 2.45) is 5.92 Å². The van der Waals surface area contributed by atoms with Crippen LogP contribution in [0.25, 0.3) is 0 Å². The van der Waals surface area contributed by atoms with Crippen molar-refractivity contribution < 1.29 is 31.1 Å². The summed E-state index contributed by atoms with van der Waals surface area (Å²) in [6.07, 6.45) is -11.3. The van der Waals surface area contributed by atoms with E-state index in [1.807, 2.05) is 0 Å².